The summed E-state index contributed by atoms with van der Waals surface area (Å²) in [6.45, 7) is 0. The molecule has 0 amide bonds. The van der Waals surface area contributed by atoms with E-state index in [4.69, 9.17) is 9.47 Å². The van der Waals surface area contributed by atoms with Gasteiger partial charge in [-0.3, -0.25) is 0 Å². The van der Waals surface area contributed by atoms with E-state index in [0.29, 0.717) is 6.10 Å². The van der Waals surface area contributed by atoms with Crippen molar-refractivity contribution in [2.45, 2.75) is 36.8 Å². The number of hydrogen-bond acceptors (Lipinski definition) is 2. The summed E-state index contributed by atoms with van der Waals surface area (Å²) in [6, 6.07) is 8.08. The summed E-state index contributed by atoms with van der Waals surface area (Å²) in [5.41, 5.74) is 1.17. The largest absolute Gasteiger partial charge is 0.497 e. The standard InChI is InChI=1S/C15H19BrO2/c1-17-13-6-4-11(5-7-13)15(16)18-14-9-10-2-3-12(14)8-10/h4-7,10,12,14-15H,2-3,8-9H2,1H3. The Morgan fingerprint density at radius 2 is 1.94 bits per heavy atom. The lowest BCUT2D eigenvalue weighted by Crippen LogP contribution is -2.21. The SMILES string of the molecule is COc1ccc(C(Br)OC2CC3CCC2C3)cc1. The van der Waals surface area contributed by atoms with Gasteiger partial charge < -0.3 is 9.47 Å². The fraction of sp³-hybridized carbons (Fsp3) is 0.600. The molecule has 2 aliphatic carbocycles. The summed E-state index contributed by atoms with van der Waals surface area (Å²) in [7, 11) is 1.69. The number of methoxy groups -OCH3 is 1. The van der Waals surface area contributed by atoms with Crippen LogP contribution in [0.2, 0.25) is 0 Å². The minimum absolute atomic E-state index is 0.00718. The Morgan fingerprint density at radius 3 is 2.50 bits per heavy atom. The van der Waals surface area contributed by atoms with Gasteiger partial charge in [0.2, 0.25) is 0 Å². The third-order valence-electron chi connectivity index (χ3n) is 4.35. The van der Waals surface area contributed by atoms with Gasteiger partial charge >= 0.3 is 0 Å². The molecule has 4 unspecified atom stereocenters. The maximum absolute atomic E-state index is 6.18. The second kappa shape index (κ2) is 5.22. The van der Waals surface area contributed by atoms with Crippen molar-refractivity contribution in [2.75, 3.05) is 7.11 Å². The molecule has 0 aliphatic heterocycles. The molecule has 2 aliphatic rings. The smallest absolute Gasteiger partial charge is 0.137 e. The maximum Gasteiger partial charge on any atom is 0.137 e. The molecule has 3 rings (SSSR count). The lowest BCUT2D eigenvalue weighted by molar-refractivity contribution is 0.00323. The zero-order chi connectivity index (χ0) is 12.5. The second-order valence-electron chi connectivity index (χ2n) is 5.44. The van der Waals surface area contributed by atoms with E-state index in [1.807, 2.05) is 12.1 Å². The van der Waals surface area contributed by atoms with Gasteiger partial charge in [0.1, 0.15) is 10.8 Å². The average Bonchev–Trinajstić information content (AvgIpc) is 3.01. The molecule has 0 N–H and O–H groups in total. The van der Waals surface area contributed by atoms with E-state index in [1.54, 1.807) is 7.11 Å². The first kappa shape index (κ1) is 12.5. The molecule has 0 aromatic heterocycles. The van der Waals surface area contributed by atoms with Crippen LogP contribution >= 0.6 is 15.9 Å². The molecule has 0 spiro atoms. The second-order valence-corrected chi connectivity index (χ2v) is 6.27. The van der Waals surface area contributed by atoms with Crippen molar-refractivity contribution >= 4 is 15.9 Å². The topological polar surface area (TPSA) is 18.5 Å². The first-order valence-corrected chi connectivity index (χ1v) is 7.61. The predicted molar refractivity (Wildman–Crippen MR) is 75.0 cm³/mol. The van der Waals surface area contributed by atoms with E-state index in [0.717, 1.165) is 17.6 Å². The quantitative estimate of drug-likeness (QED) is 0.772. The molecule has 2 saturated carbocycles. The van der Waals surface area contributed by atoms with Gasteiger partial charge in [0.05, 0.1) is 13.2 Å². The van der Waals surface area contributed by atoms with E-state index in [2.05, 4.69) is 28.1 Å². The summed E-state index contributed by atoms with van der Waals surface area (Å²) < 4.78 is 11.3. The number of alkyl halides is 1. The van der Waals surface area contributed by atoms with Gasteiger partial charge in [-0.05, 0) is 55.2 Å². The molecule has 4 atom stereocenters. The summed E-state index contributed by atoms with van der Waals surface area (Å²) in [4.78, 5) is 0. The van der Waals surface area contributed by atoms with Crippen molar-refractivity contribution in [1.82, 2.24) is 0 Å². The Kier molecular flexibility index (Phi) is 3.62. The Hall–Kier alpha value is -0.540. The van der Waals surface area contributed by atoms with Crippen LogP contribution in [0.15, 0.2) is 24.3 Å². The van der Waals surface area contributed by atoms with Gasteiger partial charge in [-0.15, -0.1) is 0 Å². The average molecular weight is 311 g/mol. The third-order valence-corrected chi connectivity index (χ3v) is 5.09. The van der Waals surface area contributed by atoms with Gasteiger partial charge in [-0.1, -0.05) is 28.1 Å². The summed E-state index contributed by atoms with van der Waals surface area (Å²) in [5.74, 6) is 2.61. The molecular formula is C15H19BrO2. The fourth-order valence-electron chi connectivity index (χ4n) is 3.34. The van der Waals surface area contributed by atoms with Gasteiger partial charge in [-0.25, -0.2) is 0 Å². The van der Waals surface area contributed by atoms with E-state index in [-0.39, 0.29) is 5.01 Å². The van der Waals surface area contributed by atoms with E-state index in [1.165, 1.54) is 31.2 Å². The Labute approximate surface area is 117 Å². The van der Waals surface area contributed by atoms with Gasteiger partial charge in [0.15, 0.2) is 0 Å². The Balaban J connectivity index is 1.62. The van der Waals surface area contributed by atoms with E-state index < -0.39 is 0 Å². The van der Waals surface area contributed by atoms with Crippen LogP contribution in [0.25, 0.3) is 0 Å². The molecule has 18 heavy (non-hydrogen) atoms. The fourth-order valence-corrected chi connectivity index (χ4v) is 3.92. The first-order chi connectivity index (χ1) is 8.76. The Bertz CT molecular complexity index is 403. The Morgan fingerprint density at radius 1 is 1.17 bits per heavy atom. The van der Waals surface area contributed by atoms with Gasteiger partial charge in [0, 0.05) is 0 Å². The highest BCUT2D eigenvalue weighted by molar-refractivity contribution is 9.09. The molecule has 1 aromatic rings. The monoisotopic (exact) mass is 310 g/mol. The van der Waals surface area contributed by atoms with Crippen molar-refractivity contribution in [3.8, 4) is 5.75 Å². The highest BCUT2D eigenvalue weighted by Gasteiger charge is 2.41. The number of hydrogen-bond donors (Lipinski definition) is 0. The van der Waals surface area contributed by atoms with Crippen LogP contribution in [0, 0.1) is 11.8 Å². The van der Waals surface area contributed by atoms with Crippen LogP contribution in [0.5, 0.6) is 5.75 Å². The van der Waals surface area contributed by atoms with Gasteiger partial charge in [0.25, 0.3) is 0 Å². The molecule has 1 aromatic carbocycles. The van der Waals surface area contributed by atoms with E-state index in [9.17, 15) is 0 Å². The van der Waals surface area contributed by atoms with Crippen LogP contribution in [0.1, 0.15) is 36.3 Å². The molecule has 2 fully saturated rings. The minimum atomic E-state index is 0.00718. The first-order valence-electron chi connectivity index (χ1n) is 6.69. The molecule has 0 radical (unpaired) electrons. The zero-order valence-corrected chi connectivity index (χ0v) is 12.2. The lowest BCUT2D eigenvalue weighted by atomic mass is 9.98. The van der Waals surface area contributed by atoms with Crippen LogP contribution in [-0.2, 0) is 4.74 Å². The van der Waals surface area contributed by atoms with Gasteiger partial charge in [-0.2, -0.15) is 0 Å². The van der Waals surface area contributed by atoms with Crippen molar-refractivity contribution in [2.24, 2.45) is 11.8 Å². The molecule has 2 bridgehead atoms. The third kappa shape index (κ3) is 2.43. The van der Waals surface area contributed by atoms with Crippen LogP contribution in [0.3, 0.4) is 0 Å². The van der Waals surface area contributed by atoms with Crippen molar-refractivity contribution in [1.29, 1.82) is 0 Å². The number of halogens is 1. The normalized spacial score (nSPS) is 31.6. The minimum Gasteiger partial charge on any atom is -0.497 e. The zero-order valence-electron chi connectivity index (χ0n) is 10.6. The molecule has 3 heteroatoms. The number of fused-ring (bicyclic) bond motifs is 2. The highest BCUT2D eigenvalue weighted by atomic mass is 79.9. The van der Waals surface area contributed by atoms with Crippen LogP contribution in [-0.4, -0.2) is 13.2 Å². The molecule has 2 nitrogen and oxygen atoms in total. The van der Waals surface area contributed by atoms with Crippen LogP contribution < -0.4 is 4.74 Å². The molecule has 0 saturated heterocycles. The van der Waals surface area contributed by atoms with Crippen LogP contribution in [0.4, 0.5) is 0 Å². The molecular weight excluding hydrogens is 292 g/mol. The molecule has 0 heterocycles. The number of ether oxygens (including phenoxy) is 2. The summed E-state index contributed by atoms with van der Waals surface area (Å²) in [5, 5.41) is 0.00718. The summed E-state index contributed by atoms with van der Waals surface area (Å²) in [6.07, 6.45) is 5.86. The maximum atomic E-state index is 6.18. The van der Waals surface area contributed by atoms with E-state index >= 15 is 0 Å². The number of rotatable bonds is 4. The highest BCUT2D eigenvalue weighted by Crippen LogP contribution is 2.47. The number of benzene rings is 1. The summed E-state index contributed by atoms with van der Waals surface area (Å²) >= 11 is 3.65. The van der Waals surface area contributed by atoms with Crippen molar-refractivity contribution in [3.05, 3.63) is 29.8 Å². The van der Waals surface area contributed by atoms with Crippen molar-refractivity contribution in [3.63, 3.8) is 0 Å². The molecule has 98 valence electrons. The predicted octanol–water partition coefficient (Wildman–Crippen LogP) is 4.29. The lowest BCUT2D eigenvalue weighted by Gasteiger charge is -2.25. The van der Waals surface area contributed by atoms with Crippen molar-refractivity contribution < 1.29 is 9.47 Å².